The van der Waals surface area contributed by atoms with Crippen LogP contribution in [-0.4, -0.2) is 11.4 Å². The normalized spacial score (nSPS) is 24.4. The number of hydrogen-bond donors (Lipinski definition) is 0. The molecule has 0 unspecified atom stereocenters. The van der Waals surface area contributed by atoms with Gasteiger partial charge in [0, 0.05) is 5.02 Å². The number of allylic oxidation sites excluding steroid dienone is 2. The van der Waals surface area contributed by atoms with Gasteiger partial charge in [-0.25, -0.2) is 0 Å². The number of carbonyl (C=O) groups excluding carboxylic acids is 1. The molecule has 1 saturated heterocycles. The van der Waals surface area contributed by atoms with E-state index in [0.717, 1.165) is 11.1 Å². The quantitative estimate of drug-likeness (QED) is 0.488. The van der Waals surface area contributed by atoms with Gasteiger partial charge in [0.15, 0.2) is 5.60 Å². The van der Waals surface area contributed by atoms with E-state index >= 15 is 0 Å². The molecular weight excluding hydrogens is 449 g/mol. The van der Waals surface area contributed by atoms with Crippen molar-refractivity contribution in [3.05, 3.63) is 90.9 Å². The maximum atomic E-state index is 12.2. The molecule has 2 aromatic carbocycles. The molecule has 0 saturated carbocycles. The van der Waals surface area contributed by atoms with E-state index in [9.17, 15) is 4.79 Å². The molecule has 0 radical (unpaired) electrons. The third-order valence-corrected chi connectivity index (χ3v) is 6.95. The maximum Gasteiger partial charge on any atom is 0.218 e. The van der Waals surface area contributed by atoms with Crippen LogP contribution in [0, 0.1) is 0 Å². The van der Waals surface area contributed by atoms with Gasteiger partial charge in [-0.3, -0.25) is 4.79 Å². The Morgan fingerprint density at radius 3 is 1.85 bits per heavy atom. The van der Waals surface area contributed by atoms with E-state index in [1.54, 1.807) is 12.1 Å². The Balaban J connectivity index is 1.91. The number of carbonyl (C=O) groups is 1. The average Bonchev–Trinajstić information content (AvgIpc) is 2.67. The molecule has 1 aliphatic heterocycles. The first-order chi connectivity index (χ1) is 12.9. The Kier molecular flexibility index (Phi) is 5.09. The fourth-order valence-electron chi connectivity index (χ4n) is 3.56. The first-order valence-electron chi connectivity index (χ1n) is 8.02. The maximum absolute atomic E-state index is 12.2. The third-order valence-electron chi connectivity index (χ3n) is 4.85. The summed E-state index contributed by atoms with van der Waals surface area (Å²) < 4.78 is 6.23. The molecule has 0 bridgehead atoms. The molecule has 0 amide bonds. The fraction of sp³-hybridized carbons (Fsp3) is 0.150. The lowest BCUT2D eigenvalue weighted by Crippen LogP contribution is -2.56. The van der Waals surface area contributed by atoms with Crippen LogP contribution in [0.5, 0.6) is 0 Å². The molecule has 2 atom stereocenters. The Labute approximate surface area is 181 Å². The number of rotatable bonds is 2. The molecule has 0 aromatic heterocycles. The van der Waals surface area contributed by atoms with Crippen LogP contribution in [-0.2, 0) is 9.53 Å². The summed E-state index contributed by atoms with van der Waals surface area (Å²) in [4.78, 5) is 12.2. The van der Waals surface area contributed by atoms with Crippen molar-refractivity contribution in [3.63, 3.8) is 0 Å². The fourth-order valence-corrected chi connectivity index (χ4v) is 4.94. The van der Waals surface area contributed by atoms with Crippen LogP contribution in [0.1, 0.15) is 23.1 Å². The Bertz CT molecular complexity index is 951. The largest absolute Gasteiger partial charge is 0.354 e. The van der Waals surface area contributed by atoms with E-state index in [1.165, 1.54) is 0 Å². The van der Waals surface area contributed by atoms with Crippen LogP contribution < -0.4 is 0 Å². The number of Topliss-reactive ketones (excluding diaryl/α,β-unsaturated/α-hetero) is 1. The van der Waals surface area contributed by atoms with E-state index in [0.29, 0.717) is 5.02 Å². The SMILES string of the molecule is O=C1C(Cl)=C(Cl)C2(O[C@@H](c3ccccc3)[C@@H]2c2ccc(Cl)cc2)C(Cl)=C1Cl. The van der Waals surface area contributed by atoms with Gasteiger partial charge in [0.05, 0.1) is 22.1 Å². The minimum Gasteiger partial charge on any atom is -0.354 e. The van der Waals surface area contributed by atoms with E-state index in [-0.39, 0.29) is 32.2 Å². The van der Waals surface area contributed by atoms with Gasteiger partial charge in [0.1, 0.15) is 10.1 Å². The molecule has 7 heteroatoms. The third kappa shape index (κ3) is 2.86. The highest BCUT2D eigenvalue weighted by Gasteiger charge is 2.64. The van der Waals surface area contributed by atoms with Crippen molar-refractivity contribution in [2.45, 2.75) is 17.6 Å². The summed E-state index contributed by atoms with van der Waals surface area (Å²) in [7, 11) is 0. The van der Waals surface area contributed by atoms with Crippen molar-refractivity contribution in [1.29, 1.82) is 0 Å². The van der Waals surface area contributed by atoms with Gasteiger partial charge in [-0.15, -0.1) is 0 Å². The highest BCUT2D eigenvalue weighted by atomic mass is 35.5. The lowest BCUT2D eigenvalue weighted by Gasteiger charge is -2.56. The van der Waals surface area contributed by atoms with Crippen molar-refractivity contribution in [2.24, 2.45) is 0 Å². The second-order valence-corrected chi connectivity index (χ2v) is 8.25. The summed E-state index contributed by atoms with van der Waals surface area (Å²) in [6.07, 6.45) is -0.350. The van der Waals surface area contributed by atoms with Crippen molar-refractivity contribution < 1.29 is 9.53 Å². The molecule has 2 aromatic rings. The summed E-state index contributed by atoms with van der Waals surface area (Å²) in [5.41, 5.74) is 0.528. The molecule has 1 aliphatic carbocycles. The van der Waals surface area contributed by atoms with Gasteiger partial charge in [0.25, 0.3) is 0 Å². The minimum absolute atomic E-state index is 0.0377. The van der Waals surface area contributed by atoms with Gasteiger partial charge in [-0.2, -0.15) is 0 Å². The topological polar surface area (TPSA) is 26.3 Å². The summed E-state index contributed by atoms with van der Waals surface area (Å²) in [6, 6.07) is 17.0. The number of hydrogen-bond acceptors (Lipinski definition) is 2. The lowest BCUT2D eigenvalue weighted by atomic mass is 9.68. The number of halogens is 5. The van der Waals surface area contributed by atoms with Crippen LogP contribution in [0.25, 0.3) is 0 Å². The van der Waals surface area contributed by atoms with E-state index in [1.807, 2.05) is 42.5 Å². The van der Waals surface area contributed by atoms with Crippen molar-refractivity contribution in [2.75, 3.05) is 0 Å². The van der Waals surface area contributed by atoms with Gasteiger partial charge < -0.3 is 4.74 Å². The predicted octanol–water partition coefficient (Wildman–Crippen LogP) is 6.90. The molecule has 138 valence electrons. The summed E-state index contributed by atoms with van der Waals surface area (Å²) in [5.74, 6) is -0.951. The van der Waals surface area contributed by atoms with E-state index < -0.39 is 11.4 Å². The second kappa shape index (κ2) is 7.11. The van der Waals surface area contributed by atoms with Gasteiger partial charge in [-0.1, -0.05) is 100 Å². The number of benzene rings is 2. The number of ketones is 1. The molecule has 1 spiro atoms. The standard InChI is InChI=1S/C20H11Cl5O2/c21-12-8-6-10(7-9-12)13-17(11-4-2-1-3-5-11)27-20(13)18(24)14(22)16(26)15(23)19(20)25/h1-9,13,17H/t13-,17-/m0/s1. The van der Waals surface area contributed by atoms with Crippen molar-refractivity contribution in [1.82, 2.24) is 0 Å². The summed E-state index contributed by atoms with van der Waals surface area (Å²) >= 11 is 31.4. The molecule has 4 rings (SSSR count). The molecule has 1 fully saturated rings. The average molecular weight is 461 g/mol. The van der Waals surface area contributed by atoms with Crippen molar-refractivity contribution in [3.8, 4) is 0 Å². The lowest BCUT2D eigenvalue weighted by molar-refractivity contribution is -0.183. The molecule has 27 heavy (non-hydrogen) atoms. The monoisotopic (exact) mass is 458 g/mol. The van der Waals surface area contributed by atoms with Gasteiger partial charge in [-0.05, 0) is 23.3 Å². The van der Waals surface area contributed by atoms with E-state index in [2.05, 4.69) is 0 Å². The predicted molar refractivity (Wildman–Crippen MR) is 110 cm³/mol. The molecule has 1 heterocycles. The van der Waals surface area contributed by atoms with Crippen LogP contribution in [0.3, 0.4) is 0 Å². The highest BCUT2D eigenvalue weighted by molar-refractivity contribution is 6.61. The second-order valence-electron chi connectivity index (χ2n) is 6.30. The Morgan fingerprint density at radius 2 is 1.30 bits per heavy atom. The van der Waals surface area contributed by atoms with Crippen molar-refractivity contribution >= 4 is 63.8 Å². The first kappa shape index (κ1) is 19.3. The number of ether oxygens (including phenoxy) is 1. The Hall–Kier alpha value is -1.000. The summed E-state index contributed by atoms with van der Waals surface area (Å²) in [6.45, 7) is 0. The minimum atomic E-state index is -1.31. The van der Waals surface area contributed by atoms with Gasteiger partial charge >= 0.3 is 0 Å². The molecular formula is C20H11Cl5O2. The zero-order valence-electron chi connectivity index (χ0n) is 13.6. The van der Waals surface area contributed by atoms with Crippen LogP contribution >= 0.6 is 58.0 Å². The zero-order valence-corrected chi connectivity index (χ0v) is 17.3. The van der Waals surface area contributed by atoms with Crippen LogP contribution in [0.2, 0.25) is 5.02 Å². The van der Waals surface area contributed by atoms with E-state index in [4.69, 9.17) is 62.7 Å². The van der Waals surface area contributed by atoms with Gasteiger partial charge in [0.2, 0.25) is 5.78 Å². The molecule has 2 aliphatic rings. The molecule has 2 nitrogen and oxygen atoms in total. The first-order valence-corrected chi connectivity index (χ1v) is 9.91. The zero-order chi connectivity index (χ0) is 19.3. The summed E-state index contributed by atoms with van der Waals surface area (Å²) in [5, 5.41) is 0.307. The van der Waals surface area contributed by atoms with Crippen LogP contribution in [0.15, 0.2) is 74.7 Å². The molecule has 0 N–H and O–H groups in total. The smallest absolute Gasteiger partial charge is 0.218 e. The highest BCUT2D eigenvalue weighted by Crippen LogP contribution is 2.65. The van der Waals surface area contributed by atoms with Crippen LogP contribution in [0.4, 0.5) is 0 Å². The Morgan fingerprint density at radius 1 is 0.741 bits per heavy atom.